The van der Waals surface area contributed by atoms with Gasteiger partial charge in [-0.3, -0.25) is 0 Å². The van der Waals surface area contributed by atoms with Crippen LogP contribution in [0.15, 0.2) is 85.2 Å². The van der Waals surface area contributed by atoms with Crippen molar-refractivity contribution >= 4 is 0 Å². The molecule has 0 atom stereocenters. The Bertz CT molecular complexity index is 1750. The third kappa shape index (κ3) is 6.74. The lowest BCUT2D eigenvalue weighted by Crippen LogP contribution is -2.23. The quantitative estimate of drug-likeness (QED) is 0.0897. The molecule has 0 amide bonds. The smallest absolute Gasteiger partial charge is 0.429 e. The van der Waals surface area contributed by atoms with Gasteiger partial charge in [0, 0.05) is 35.7 Å². The molecule has 0 fully saturated rings. The first-order chi connectivity index (χ1) is 21.1. The highest BCUT2D eigenvalue weighted by molar-refractivity contribution is 5.72. The Morgan fingerprint density at radius 3 is 1.84 bits per heavy atom. The molecule has 0 radical (unpaired) electrons. The molecule has 4 aromatic carbocycles. The minimum atomic E-state index is -4.38. The molecule has 0 saturated carbocycles. The number of rotatable bonds is 10. The SMILES string of the molecule is CCCCCc1cnc(-c2ccc(-c3ccc(-c4ccc(C(F)(F)Oc5cc(F)c(F)c(F)c5)c(F)c4)c(F)c3)cc2)nc1. The van der Waals surface area contributed by atoms with Crippen LogP contribution in [0.3, 0.4) is 0 Å². The summed E-state index contributed by atoms with van der Waals surface area (Å²) >= 11 is 0. The van der Waals surface area contributed by atoms with Gasteiger partial charge in [-0.25, -0.2) is 31.9 Å². The monoisotopic (exact) mass is 610 g/mol. The molecule has 0 unspecified atom stereocenters. The van der Waals surface area contributed by atoms with Gasteiger partial charge in [-0.15, -0.1) is 0 Å². The molecule has 0 bridgehead atoms. The molecule has 226 valence electrons. The molecule has 44 heavy (non-hydrogen) atoms. The second-order valence-electron chi connectivity index (χ2n) is 10.2. The van der Waals surface area contributed by atoms with E-state index in [1.54, 1.807) is 18.2 Å². The van der Waals surface area contributed by atoms with Gasteiger partial charge in [0.1, 0.15) is 17.4 Å². The van der Waals surface area contributed by atoms with Crippen molar-refractivity contribution in [2.75, 3.05) is 0 Å². The summed E-state index contributed by atoms with van der Waals surface area (Å²) < 4.78 is 103. The summed E-state index contributed by atoms with van der Waals surface area (Å²) in [5, 5.41) is 0. The van der Waals surface area contributed by atoms with Crippen LogP contribution < -0.4 is 4.74 Å². The number of halogens is 7. The van der Waals surface area contributed by atoms with E-state index in [2.05, 4.69) is 21.6 Å². The molecule has 5 rings (SSSR count). The van der Waals surface area contributed by atoms with Gasteiger partial charge in [0.15, 0.2) is 23.3 Å². The van der Waals surface area contributed by atoms with E-state index >= 15 is 4.39 Å². The van der Waals surface area contributed by atoms with E-state index in [1.165, 1.54) is 12.1 Å². The molecular weight excluding hydrogens is 585 g/mol. The van der Waals surface area contributed by atoms with Crippen molar-refractivity contribution in [3.8, 4) is 39.4 Å². The maximum absolute atomic E-state index is 15.2. The summed E-state index contributed by atoms with van der Waals surface area (Å²) in [5.41, 5.74) is 1.74. The predicted octanol–water partition coefficient (Wildman–Crippen LogP) is 10.0. The zero-order valence-corrected chi connectivity index (χ0v) is 23.4. The maximum atomic E-state index is 15.2. The molecule has 0 aliphatic rings. The standard InChI is InChI=1S/C34H25F7N2O/c1-2-3-4-5-20-18-42-33(43-19-20)22-8-6-21(7-9-22)23-10-12-26(28(35)14-23)24-11-13-27(29(36)15-24)34(40,41)44-25-16-30(37)32(39)31(38)17-25/h6-19H,2-5H2,1H3. The Morgan fingerprint density at radius 1 is 0.636 bits per heavy atom. The van der Waals surface area contributed by atoms with Crippen molar-refractivity contribution in [2.45, 2.75) is 38.7 Å². The lowest BCUT2D eigenvalue weighted by atomic mass is 9.98. The Balaban J connectivity index is 1.31. The van der Waals surface area contributed by atoms with Crippen LogP contribution in [0, 0.1) is 29.1 Å². The molecule has 0 N–H and O–H groups in total. The average Bonchev–Trinajstić information content (AvgIpc) is 3.00. The van der Waals surface area contributed by atoms with Gasteiger partial charge < -0.3 is 4.74 Å². The highest BCUT2D eigenvalue weighted by Crippen LogP contribution is 2.37. The summed E-state index contributed by atoms with van der Waals surface area (Å²) in [4.78, 5) is 8.90. The number of benzene rings is 4. The minimum Gasteiger partial charge on any atom is -0.429 e. The van der Waals surface area contributed by atoms with Gasteiger partial charge in [-0.1, -0.05) is 62.2 Å². The lowest BCUT2D eigenvalue weighted by molar-refractivity contribution is -0.187. The summed E-state index contributed by atoms with van der Waals surface area (Å²) in [6.45, 7) is 2.15. The summed E-state index contributed by atoms with van der Waals surface area (Å²) in [6.07, 6.45) is 3.55. The molecule has 1 heterocycles. The van der Waals surface area contributed by atoms with E-state index in [-0.39, 0.29) is 23.3 Å². The number of hydrogen-bond donors (Lipinski definition) is 0. The lowest BCUT2D eigenvalue weighted by Gasteiger charge is -2.19. The van der Waals surface area contributed by atoms with E-state index in [0.717, 1.165) is 42.9 Å². The van der Waals surface area contributed by atoms with Gasteiger partial charge in [-0.05, 0) is 53.3 Å². The van der Waals surface area contributed by atoms with Gasteiger partial charge >= 0.3 is 6.11 Å². The summed E-state index contributed by atoms with van der Waals surface area (Å²) in [7, 11) is 0. The van der Waals surface area contributed by atoms with Gasteiger partial charge in [-0.2, -0.15) is 8.78 Å². The van der Waals surface area contributed by atoms with Crippen molar-refractivity contribution in [3.05, 3.63) is 125 Å². The van der Waals surface area contributed by atoms with E-state index < -0.39 is 46.5 Å². The fourth-order valence-corrected chi connectivity index (χ4v) is 4.67. The van der Waals surface area contributed by atoms with Crippen LogP contribution in [-0.2, 0) is 12.5 Å². The van der Waals surface area contributed by atoms with Crippen LogP contribution in [0.2, 0.25) is 0 Å². The molecule has 0 aliphatic heterocycles. The number of aromatic nitrogens is 2. The first-order valence-electron chi connectivity index (χ1n) is 13.8. The average molecular weight is 611 g/mol. The van der Waals surface area contributed by atoms with E-state index in [1.807, 2.05) is 24.5 Å². The Hall–Kier alpha value is -4.73. The zero-order valence-electron chi connectivity index (χ0n) is 23.4. The third-order valence-corrected chi connectivity index (χ3v) is 7.02. The molecule has 5 aromatic rings. The second-order valence-corrected chi connectivity index (χ2v) is 10.2. The molecule has 0 spiro atoms. The highest BCUT2D eigenvalue weighted by atomic mass is 19.3. The van der Waals surface area contributed by atoms with Crippen molar-refractivity contribution in [1.82, 2.24) is 9.97 Å². The normalized spacial score (nSPS) is 11.5. The third-order valence-electron chi connectivity index (χ3n) is 7.02. The molecular formula is C34H25F7N2O. The number of hydrogen-bond acceptors (Lipinski definition) is 3. The highest BCUT2D eigenvalue weighted by Gasteiger charge is 2.38. The van der Waals surface area contributed by atoms with Gasteiger partial charge in [0.05, 0.1) is 5.56 Å². The fraction of sp³-hybridized carbons (Fsp3) is 0.176. The van der Waals surface area contributed by atoms with Gasteiger partial charge in [0.25, 0.3) is 0 Å². The van der Waals surface area contributed by atoms with Crippen LogP contribution in [-0.4, -0.2) is 9.97 Å². The summed E-state index contributed by atoms with van der Waals surface area (Å²) in [6, 6.07) is 14.3. The topological polar surface area (TPSA) is 35.0 Å². The van der Waals surface area contributed by atoms with E-state index in [9.17, 15) is 26.3 Å². The number of ether oxygens (including phenoxy) is 1. The van der Waals surface area contributed by atoms with Crippen LogP contribution in [0.5, 0.6) is 5.75 Å². The Morgan fingerprint density at radius 2 is 1.23 bits per heavy atom. The second kappa shape index (κ2) is 12.9. The van der Waals surface area contributed by atoms with Crippen molar-refractivity contribution in [3.63, 3.8) is 0 Å². The van der Waals surface area contributed by atoms with Crippen molar-refractivity contribution < 1.29 is 35.5 Å². The van der Waals surface area contributed by atoms with Crippen LogP contribution in [0.25, 0.3) is 33.6 Å². The fourth-order valence-electron chi connectivity index (χ4n) is 4.67. The first-order valence-corrected chi connectivity index (χ1v) is 13.8. The zero-order chi connectivity index (χ0) is 31.4. The maximum Gasteiger partial charge on any atom is 0.429 e. The largest absolute Gasteiger partial charge is 0.429 e. The minimum absolute atomic E-state index is 0.0318. The van der Waals surface area contributed by atoms with Crippen LogP contribution in [0.4, 0.5) is 30.7 Å². The first kappa shape index (κ1) is 30.7. The number of aryl methyl sites for hydroxylation is 1. The van der Waals surface area contributed by atoms with Crippen LogP contribution >= 0.6 is 0 Å². The molecule has 3 nitrogen and oxygen atoms in total. The number of unbranched alkanes of at least 4 members (excludes halogenated alkanes) is 2. The van der Waals surface area contributed by atoms with Gasteiger partial charge in [0.2, 0.25) is 0 Å². The van der Waals surface area contributed by atoms with E-state index in [0.29, 0.717) is 29.1 Å². The molecule has 0 saturated heterocycles. The number of nitrogens with zero attached hydrogens (tertiary/aromatic N) is 2. The van der Waals surface area contributed by atoms with E-state index in [4.69, 9.17) is 0 Å². The Kier molecular flexibility index (Phi) is 8.98. The molecule has 0 aliphatic carbocycles. The summed E-state index contributed by atoms with van der Waals surface area (Å²) in [5.74, 6) is -8.03. The molecule has 10 heteroatoms. The Labute approximate surface area is 249 Å². The molecule has 1 aromatic heterocycles. The van der Waals surface area contributed by atoms with Crippen molar-refractivity contribution in [1.29, 1.82) is 0 Å². The number of alkyl halides is 2. The predicted molar refractivity (Wildman–Crippen MR) is 152 cm³/mol. The van der Waals surface area contributed by atoms with Crippen LogP contribution in [0.1, 0.15) is 37.3 Å². The van der Waals surface area contributed by atoms with Crippen molar-refractivity contribution in [2.24, 2.45) is 0 Å².